The van der Waals surface area contributed by atoms with E-state index in [1.807, 2.05) is 22.0 Å². The summed E-state index contributed by atoms with van der Waals surface area (Å²) in [6, 6.07) is 0. The Kier molecular flexibility index (Phi) is 6.30. The molecule has 0 radical (unpaired) electrons. The van der Waals surface area contributed by atoms with Crippen LogP contribution in [-0.2, 0) is 9.53 Å². The standard InChI is InChI=1S/C5H7IN3O4P/c1-13-5(10)4(8-14-6)3(2-7)9(11)12/h2,14H,7H2,1H3/b3-2+,8-4-. The summed E-state index contributed by atoms with van der Waals surface area (Å²) in [7, 11) is 1.11. The Morgan fingerprint density at radius 3 is 2.64 bits per heavy atom. The van der Waals surface area contributed by atoms with E-state index in [1.165, 1.54) is 0 Å². The summed E-state index contributed by atoms with van der Waals surface area (Å²) in [5.41, 5.74) is 4.08. The third-order valence-corrected chi connectivity index (χ3v) is 2.16. The van der Waals surface area contributed by atoms with Gasteiger partial charge < -0.3 is 10.5 Å². The third-order valence-electron chi connectivity index (χ3n) is 1.13. The summed E-state index contributed by atoms with van der Waals surface area (Å²) in [4.78, 5) is 20.7. The first-order chi connectivity index (χ1) is 6.58. The first-order valence-electron chi connectivity index (χ1n) is 3.16. The van der Waals surface area contributed by atoms with Gasteiger partial charge in [0.1, 0.15) is 0 Å². The molecule has 1 atom stereocenters. The van der Waals surface area contributed by atoms with Gasteiger partial charge in [0.25, 0.3) is 0 Å². The molecule has 9 heteroatoms. The molecule has 2 N–H and O–H groups in total. The van der Waals surface area contributed by atoms with Gasteiger partial charge in [-0.1, -0.05) is 0 Å². The molecule has 0 saturated heterocycles. The summed E-state index contributed by atoms with van der Waals surface area (Å²) in [6.07, 6.45) is 0.694. The molecule has 0 aliphatic rings. The number of methoxy groups -OCH3 is 1. The van der Waals surface area contributed by atoms with Crippen LogP contribution in [0.15, 0.2) is 16.7 Å². The van der Waals surface area contributed by atoms with E-state index in [2.05, 4.69) is 9.50 Å². The molecular formula is C5H7IN3O4P. The van der Waals surface area contributed by atoms with Crippen LogP contribution in [0.3, 0.4) is 0 Å². The van der Waals surface area contributed by atoms with Crippen LogP contribution < -0.4 is 5.73 Å². The van der Waals surface area contributed by atoms with Crippen molar-refractivity contribution in [2.45, 2.75) is 0 Å². The zero-order valence-electron chi connectivity index (χ0n) is 7.06. The van der Waals surface area contributed by atoms with E-state index in [-0.39, 0.29) is 12.1 Å². The largest absolute Gasteiger partial charge is 0.464 e. The van der Waals surface area contributed by atoms with Gasteiger partial charge in [0.05, 0.1) is 24.6 Å². The fourth-order valence-corrected chi connectivity index (χ4v) is 1.59. The van der Waals surface area contributed by atoms with E-state index in [4.69, 9.17) is 5.73 Å². The van der Waals surface area contributed by atoms with Crippen molar-refractivity contribution in [1.29, 1.82) is 0 Å². The number of halogens is 1. The molecule has 0 aromatic rings. The zero-order valence-corrected chi connectivity index (χ0v) is 10.2. The Morgan fingerprint density at radius 2 is 2.36 bits per heavy atom. The number of hydrogen-bond acceptors (Lipinski definition) is 6. The van der Waals surface area contributed by atoms with Crippen molar-refractivity contribution in [2.24, 2.45) is 10.5 Å². The summed E-state index contributed by atoms with van der Waals surface area (Å²) < 4.78 is 7.98. The Labute approximate surface area is 94.3 Å². The summed E-state index contributed by atoms with van der Waals surface area (Å²) in [5, 5.41) is 10.4. The highest BCUT2D eigenvalue weighted by Gasteiger charge is 2.26. The van der Waals surface area contributed by atoms with Crippen LogP contribution in [0.1, 0.15) is 0 Å². The molecule has 78 valence electrons. The van der Waals surface area contributed by atoms with Gasteiger partial charge in [-0.15, -0.1) is 0 Å². The van der Waals surface area contributed by atoms with Gasteiger partial charge in [-0.3, -0.25) is 10.1 Å². The Bertz CT molecular complexity index is 303. The molecule has 7 nitrogen and oxygen atoms in total. The number of nitro groups is 1. The normalized spacial score (nSPS) is 13.3. The minimum absolute atomic E-state index is 0.0213. The number of carbonyl (C=O) groups is 1. The second-order valence-electron chi connectivity index (χ2n) is 1.85. The number of nitrogens with two attached hydrogens (primary N) is 1. The molecule has 0 aliphatic carbocycles. The molecule has 14 heavy (non-hydrogen) atoms. The van der Waals surface area contributed by atoms with Gasteiger partial charge in [0, 0.05) is 0 Å². The van der Waals surface area contributed by atoms with Gasteiger partial charge in [-0.2, -0.15) is 0 Å². The molecule has 0 bridgehead atoms. The topological polar surface area (TPSA) is 108 Å². The minimum atomic E-state index is -0.873. The van der Waals surface area contributed by atoms with Crippen LogP contribution in [0, 0.1) is 10.1 Å². The van der Waals surface area contributed by atoms with Crippen molar-refractivity contribution >= 4 is 40.1 Å². The highest BCUT2D eigenvalue weighted by molar-refractivity contribution is 14.2. The highest BCUT2D eigenvalue weighted by Crippen LogP contribution is 2.23. The maximum absolute atomic E-state index is 11.1. The van der Waals surface area contributed by atoms with E-state index >= 15 is 0 Å². The van der Waals surface area contributed by atoms with Gasteiger partial charge in [0.2, 0.25) is 5.71 Å². The zero-order chi connectivity index (χ0) is 11.1. The Morgan fingerprint density at radius 1 is 1.79 bits per heavy atom. The SMILES string of the molecule is COC(=O)C(=N\PI)/C(=C\N)[N+](=O)[O-]. The summed E-state index contributed by atoms with van der Waals surface area (Å²) >= 11 is 1.87. The molecule has 1 unspecified atom stereocenters. The van der Waals surface area contributed by atoms with E-state index < -0.39 is 16.6 Å². The number of ether oxygens (including phenoxy) is 1. The molecule has 0 rings (SSSR count). The third kappa shape index (κ3) is 3.54. The van der Waals surface area contributed by atoms with Crippen LogP contribution in [0.25, 0.3) is 0 Å². The maximum atomic E-state index is 11.1. The lowest BCUT2D eigenvalue weighted by Gasteiger charge is -1.99. The Hall–Kier alpha value is -0.760. The van der Waals surface area contributed by atoms with Gasteiger partial charge in [-0.25, -0.2) is 9.56 Å². The van der Waals surface area contributed by atoms with Gasteiger partial charge in [-0.05, 0) is 22.0 Å². The fraction of sp³-hybridized carbons (Fsp3) is 0.200. The maximum Gasteiger partial charge on any atom is 0.363 e. The quantitative estimate of drug-likeness (QED) is 0.203. The number of hydrogen-bond donors (Lipinski definition) is 1. The lowest BCUT2D eigenvalue weighted by atomic mass is 10.3. The molecule has 0 saturated carbocycles. The molecule has 0 heterocycles. The molecule has 0 fully saturated rings. The van der Waals surface area contributed by atoms with Crippen molar-refractivity contribution < 1.29 is 14.5 Å². The predicted octanol–water partition coefficient (Wildman–Crippen LogP) is 0.621. The fourth-order valence-electron chi connectivity index (χ4n) is 0.573. The predicted molar refractivity (Wildman–Crippen MR) is 61.1 cm³/mol. The first kappa shape index (κ1) is 13.2. The van der Waals surface area contributed by atoms with Crippen LogP contribution in [0.2, 0.25) is 0 Å². The first-order valence-corrected chi connectivity index (χ1v) is 7.22. The van der Waals surface area contributed by atoms with Gasteiger partial charge >= 0.3 is 11.7 Å². The monoisotopic (exact) mass is 331 g/mol. The number of rotatable bonds is 4. The number of carbonyl (C=O) groups excluding carboxylic acids is 1. The smallest absolute Gasteiger partial charge is 0.363 e. The molecule has 0 amide bonds. The van der Waals surface area contributed by atoms with E-state index in [9.17, 15) is 14.9 Å². The average Bonchev–Trinajstić information content (AvgIpc) is 2.16. The van der Waals surface area contributed by atoms with E-state index in [1.54, 1.807) is 0 Å². The van der Waals surface area contributed by atoms with Gasteiger partial charge in [0.15, 0.2) is 0 Å². The number of nitrogens with zero attached hydrogens (tertiary/aromatic N) is 2. The summed E-state index contributed by atoms with van der Waals surface area (Å²) in [6.45, 7) is 0. The van der Waals surface area contributed by atoms with Crippen molar-refractivity contribution in [2.75, 3.05) is 7.11 Å². The van der Waals surface area contributed by atoms with Crippen LogP contribution in [0.4, 0.5) is 0 Å². The molecule has 0 spiro atoms. The van der Waals surface area contributed by atoms with Crippen molar-refractivity contribution in [3.8, 4) is 0 Å². The van der Waals surface area contributed by atoms with E-state index in [0.29, 0.717) is 6.20 Å². The number of esters is 1. The average molecular weight is 331 g/mol. The van der Waals surface area contributed by atoms with Crippen molar-refractivity contribution in [3.05, 3.63) is 22.0 Å². The van der Waals surface area contributed by atoms with Crippen molar-refractivity contribution in [1.82, 2.24) is 0 Å². The Balaban J connectivity index is 5.11. The summed E-state index contributed by atoms with van der Waals surface area (Å²) in [5.74, 6) is -0.873. The van der Waals surface area contributed by atoms with Crippen LogP contribution in [0.5, 0.6) is 0 Å². The highest BCUT2D eigenvalue weighted by atomic mass is 127. The molecule has 0 aromatic heterocycles. The second-order valence-corrected chi connectivity index (χ2v) is 3.69. The molecule has 0 aromatic carbocycles. The second kappa shape index (κ2) is 6.66. The molecular weight excluding hydrogens is 324 g/mol. The van der Waals surface area contributed by atoms with Crippen molar-refractivity contribution in [3.63, 3.8) is 0 Å². The molecule has 0 aliphatic heterocycles. The lowest BCUT2D eigenvalue weighted by molar-refractivity contribution is -0.415. The van der Waals surface area contributed by atoms with Crippen LogP contribution in [-0.4, -0.2) is 23.7 Å². The minimum Gasteiger partial charge on any atom is -0.464 e. The van der Waals surface area contributed by atoms with Crippen LogP contribution >= 0.6 is 28.4 Å². The lowest BCUT2D eigenvalue weighted by Crippen LogP contribution is -2.23. The van der Waals surface area contributed by atoms with E-state index in [0.717, 1.165) is 7.11 Å².